The Balaban J connectivity index is 1.75. The second-order valence-electron chi connectivity index (χ2n) is 10.7. The monoisotopic (exact) mass is 517 g/mol. The van der Waals surface area contributed by atoms with Crippen molar-refractivity contribution < 1.29 is 33.8 Å². The second-order valence-corrected chi connectivity index (χ2v) is 10.7. The fraction of sp³-hybridized carbons (Fsp3) is 0.704. The van der Waals surface area contributed by atoms with Crippen LogP contribution in [0.2, 0.25) is 0 Å². The molecule has 2 fully saturated rings. The number of likely N-dealkylation sites (tertiary alicyclic amines) is 1. The zero-order valence-electron chi connectivity index (χ0n) is 21.9. The van der Waals surface area contributed by atoms with E-state index in [1.165, 1.54) is 0 Å². The Hall–Kier alpha value is -2.72. The third kappa shape index (κ3) is 5.18. The van der Waals surface area contributed by atoms with Crippen LogP contribution in [0.4, 0.5) is 0 Å². The molecule has 3 amide bonds. The molecule has 0 aliphatic carbocycles. The molecule has 2 N–H and O–H groups in total. The van der Waals surface area contributed by atoms with Gasteiger partial charge in [-0.2, -0.15) is 0 Å². The second kappa shape index (κ2) is 11.3. The third-order valence-electron chi connectivity index (χ3n) is 7.75. The lowest BCUT2D eigenvalue weighted by atomic mass is 9.78. The van der Waals surface area contributed by atoms with Crippen molar-refractivity contribution >= 4 is 23.7 Å². The van der Waals surface area contributed by atoms with Gasteiger partial charge in [-0.15, -0.1) is 0 Å². The smallest absolute Gasteiger partial charge is 0.313 e. The summed E-state index contributed by atoms with van der Waals surface area (Å²) in [5, 5.41) is 11.9. The topological polar surface area (TPSA) is 125 Å². The highest BCUT2D eigenvalue weighted by Gasteiger charge is 2.71. The Morgan fingerprint density at radius 3 is 2.65 bits per heavy atom. The van der Waals surface area contributed by atoms with Gasteiger partial charge in [0.05, 0.1) is 18.6 Å². The van der Waals surface area contributed by atoms with Crippen LogP contribution in [-0.2, 0) is 28.7 Å². The number of ether oxygens (including phenoxy) is 2. The lowest BCUT2D eigenvalue weighted by Gasteiger charge is -2.36. The number of amides is 3. The number of aliphatic hydroxyl groups excluding tert-OH is 1. The molecule has 10 heteroatoms. The number of carbonyl (C=O) groups excluding carboxylic acids is 4. The van der Waals surface area contributed by atoms with Crippen LogP contribution in [0.1, 0.15) is 52.9 Å². The van der Waals surface area contributed by atoms with E-state index in [1.807, 2.05) is 26.0 Å². The van der Waals surface area contributed by atoms with Gasteiger partial charge in [0.2, 0.25) is 17.7 Å². The summed E-state index contributed by atoms with van der Waals surface area (Å²) in [5.41, 5.74) is -1.30. The summed E-state index contributed by atoms with van der Waals surface area (Å²) in [5.74, 6) is -3.02. The van der Waals surface area contributed by atoms with E-state index < -0.39 is 41.7 Å². The number of hydrogen-bond acceptors (Lipinski definition) is 7. The molecule has 4 aliphatic rings. The highest BCUT2D eigenvalue weighted by molar-refractivity contribution is 5.99. The first-order chi connectivity index (χ1) is 17.7. The molecule has 0 radical (unpaired) electrons. The first-order valence-corrected chi connectivity index (χ1v) is 13.4. The number of carbonyl (C=O) groups is 4. The average molecular weight is 518 g/mol. The van der Waals surface area contributed by atoms with Crippen LogP contribution in [0.25, 0.3) is 0 Å². The number of allylic oxidation sites excluding steroid dienone is 1. The standard InChI is InChI=1S/C27H39N3O7/c1-17(2)29-14-9-12-27-22(24(33)30(23(27)25(29)34)13-7-4-8-15-31)21-19(37-27)10-5-6-11-20(32)28-16-18(3)36-26(21)35/h5,9-10,12,17-19,21-23,31H,4,6-8,11,13-16H2,1-3H3,(H,28,32)/b10-5-/t18-,19-,21+,22+,23-,27+/m1/s1. The van der Waals surface area contributed by atoms with Crippen molar-refractivity contribution in [2.45, 2.75) is 82.8 Å². The fourth-order valence-corrected chi connectivity index (χ4v) is 5.95. The molecule has 204 valence electrons. The van der Waals surface area contributed by atoms with Crippen LogP contribution in [0.5, 0.6) is 0 Å². The summed E-state index contributed by atoms with van der Waals surface area (Å²) in [6, 6.07) is -0.978. The van der Waals surface area contributed by atoms with Crippen LogP contribution in [0.3, 0.4) is 0 Å². The molecular weight excluding hydrogens is 478 g/mol. The molecule has 4 rings (SSSR count). The van der Waals surface area contributed by atoms with Crippen molar-refractivity contribution in [3.05, 3.63) is 24.3 Å². The maximum Gasteiger partial charge on any atom is 0.313 e. The van der Waals surface area contributed by atoms with E-state index in [-0.39, 0.29) is 43.3 Å². The van der Waals surface area contributed by atoms with Crippen LogP contribution in [0, 0.1) is 11.8 Å². The highest BCUT2D eigenvalue weighted by Crippen LogP contribution is 2.53. The Kier molecular flexibility index (Phi) is 8.38. The van der Waals surface area contributed by atoms with Crippen LogP contribution >= 0.6 is 0 Å². The van der Waals surface area contributed by atoms with Crippen molar-refractivity contribution in [1.82, 2.24) is 15.1 Å². The molecule has 1 spiro atoms. The van der Waals surface area contributed by atoms with Gasteiger partial charge in [-0.05, 0) is 46.5 Å². The summed E-state index contributed by atoms with van der Waals surface area (Å²) < 4.78 is 12.3. The van der Waals surface area contributed by atoms with Gasteiger partial charge in [-0.1, -0.05) is 24.3 Å². The largest absolute Gasteiger partial charge is 0.460 e. The number of hydrogen-bond donors (Lipinski definition) is 2. The number of esters is 1. The van der Waals surface area contributed by atoms with E-state index >= 15 is 0 Å². The summed E-state index contributed by atoms with van der Waals surface area (Å²) in [4.78, 5) is 56.9. The molecule has 0 aromatic rings. The molecule has 0 bridgehead atoms. The van der Waals surface area contributed by atoms with E-state index in [9.17, 15) is 24.3 Å². The number of fused-ring (bicyclic) bond motifs is 2. The number of nitrogens with one attached hydrogen (secondary N) is 1. The maximum absolute atomic E-state index is 14.0. The Bertz CT molecular complexity index is 964. The zero-order valence-corrected chi connectivity index (χ0v) is 21.9. The molecule has 2 saturated heterocycles. The first kappa shape index (κ1) is 27.3. The Morgan fingerprint density at radius 1 is 1.14 bits per heavy atom. The molecule has 0 aromatic heterocycles. The van der Waals surface area contributed by atoms with Gasteiger partial charge in [0, 0.05) is 32.2 Å². The van der Waals surface area contributed by atoms with E-state index in [4.69, 9.17) is 9.47 Å². The lowest BCUT2D eigenvalue weighted by molar-refractivity contribution is -0.158. The summed E-state index contributed by atoms with van der Waals surface area (Å²) in [6.45, 7) is 6.53. The van der Waals surface area contributed by atoms with Crippen molar-refractivity contribution in [3.63, 3.8) is 0 Å². The molecule has 0 saturated carbocycles. The van der Waals surface area contributed by atoms with E-state index in [2.05, 4.69) is 5.32 Å². The molecule has 0 unspecified atom stereocenters. The summed E-state index contributed by atoms with van der Waals surface area (Å²) >= 11 is 0. The van der Waals surface area contributed by atoms with Crippen LogP contribution in [0.15, 0.2) is 24.3 Å². The van der Waals surface area contributed by atoms with Gasteiger partial charge in [-0.3, -0.25) is 19.2 Å². The predicted molar refractivity (Wildman–Crippen MR) is 134 cm³/mol. The first-order valence-electron chi connectivity index (χ1n) is 13.4. The third-order valence-corrected chi connectivity index (χ3v) is 7.75. The Labute approximate surface area is 218 Å². The molecule has 0 aromatic carbocycles. The minimum atomic E-state index is -1.30. The average Bonchev–Trinajstić information content (AvgIpc) is 3.22. The van der Waals surface area contributed by atoms with Gasteiger partial charge in [0.15, 0.2) is 0 Å². The number of cyclic esters (lactones) is 1. The van der Waals surface area contributed by atoms with Gasteiger partial charge >= 0.3 is 5.97 Å². The van der Waals surface area contributed by atoms with Crippen molar-refractivity contribution in [1.29, 1.82) is 0 Å². The van der Waals surface area contributed by atoms with Crippen molar-refractivity contribution in [2.24, 2.45) is 11.8 Å². The normalized spacial score (nSPS) is 35.2. The lowest BCUT2D eigenvalue weighted by Crippen LogP contribution is -2.56. The summed E-state index contributed by atoms with van der Waals surface area (Å²) in [7, 11) is 0. The van der Waals surface area contributed by atoms with Crippen LogP contribution < -0.4 is 5.32 Å². The number of rotatable bonds is 6. The summed E-state index contributed by atoms with van der Waals surface area (Å²) in [6.07, 6.45) is 8.55. The Morgan fingerprint density at radius 2 is 1.92 bits per heavy atom. The number of unbranched alkanes of at least 4 members (excludes halogenated alkanes) is 2. The van der Waals surface area contributed by atoms with Gasteiger partial charge in [-0.25, -0.2) is 0 Å². The molecule has 4 heterocycles. The number of nitrogens with zero attached hydrogens (tertiary/aromatic N) is 2. The SMILES string of the molecule is CC(C)N1CC=C[C@]23O[C@@H]4/C=C\CCC(=O)NC[C@@H](C)OC(=O)[C@@H]4[C@H]2C(=O)N(CCCCCO)[C@@H]3C1=O. The quantitative estimate of drug-likeness (QED) is 0.305. The molecule has 4 aliphatic heterocycles. The molecule has 10 nitrogen and oxygen atoms in total. The van der Waals surface area contributed by atoms with Crippen molar-refractivity contribution in [2.75, 3.05) is 26.2 Å². The molecular formula is C27H39N3O7. The predicted octanol–water partition coefficient (Wildman–Crippen LogP) is 0.935. The van der Waals surface area contributed by atoms with Gasteiger partial charge in [0.25, 0.3) is 0 Å². The van der Waals surface area contributed by atoms with Crippen LogP contribution in [-0.4, -0.2) is 94.7 Å². The van der Waals surface area contributed by atoms with Gasteiger partial charge < -0.3 is 29.7 Å². The van der Waals surface area contributed by atoms with E-state index in [1.54, 1.807) is 28.9 Å². The zero-order chi connectivity index (χ0) is 26.7. The minimum absolute atomic E-state index is 0.0659. The highest BCUT2D eigenvalue weighted by atomic mass is 16.6. The van der Waals surface area contributed by atoms with E-state index in [0.717, 1.165) is 0 Å². The fourth-order valence-electron chi connectivity index (χ4n) is 5.95. The van der Waals surface area contributed by atoms with Gasteiger partial charge in [0.1, 0.15) is 23.7 Å². The van der Waals surface area contributed by atoms with Crippen molar-refractivity contribution in [3.8, 4) is 0 Å². The maximum atomic E-state index is 14.0. The molecule has 37 heavy (non-hydrogen) atoms. The number of aliphatic hydroxyl groups is 1. The minimum Gasteiger partial charge on any atom is -0.460 e. The van der Waals surface area contributed by atoms with E-state index in [0.29, 0.717) is 38.8 Å². The molecule has 6 atom stereocenters.